The van der Waals surface area contributed by atoms with Crippen LogP contribution in [0.1, 0.15) is 10.4 Å². The number of ether oxygens (including phenoxy) is 1. The molecular formula is C7H7FN2O3. The molecule has 0 saturated heterocycles. The molecule has 0 fully saturated rings. The van der Waals surface area contributed by atoms with E-state index in [2.05, 4.69) is 9.72 Å². The van der Waals surface area contributed by atoms with Gasteiger partial charge in [0, 0.05) is 0 Å². The number of nitrogens with zero attached hydrogens (tertiary/aromatic N) is 1. The molecule has 0 atom stereocenters. The Kier molecular flexibility index (Phi) is 2.32. The molecule has 0 aliphatic rings. The van der Waals surface area contributed by atoms with Crippen LogP contribution >= 0.6 is 0 Å². The van der Waals surface area contributed by atoms with Crippen molar-refractivity contribution in [2.24, 2.45) is 0 Å². The molecule has 0 aliphatic heterocycles. The normalized spacial score (nSPS) is 9.69. The Morgan fingerprint density at radius 3 is 2.85 bits per heavy atom. The van der Waals surface area contributed by atoms with Crippen LogP contribution in [0.15, 0.2) is 6.07 Å². The summed E-state index contributed by atoms with van der Waals surface area (Å²) >= 11 is 0. The summed E-state index contributed by atoms with van der Waals surface area (Å²) in [7, 11) is 1.21. The predicted octanol–water partition coefficient (Wildman–Crippen LogP) is 0.510. The number of carbonyl (C=O) groups is 1. The fourth-order valence-electron chi connectivity index (χ4n) is 0.800. The SMILES string of the molecule is COc1nc(N)c(C(=O)O)cc1F. The zero-order chi connectivity index (χ0) is 10.0. The Labute approximate surface area is 73.0 Å². The molecule has 0 bridgehead atoms. The number of hydrogen-bond donors (Lipinski definition) is 2. The zero-order valence-corrected chi connectivity index (χ0v) is 6.74. The molecule has 70 valence electrons. The maximum absolute atomic E-state index is 12.9. The molecule has 1 rings (SSSR count). The molecule has 6 heteroatoms. The number of pyridine rings is 1. The lowest BCUT2D eigenvalue weighted by Gasteiger charge is -2.03. The molecule has 1 aromatic rings. The number of aromatic nitrogens is 1. The molecule has 1 aromatic heterocycles. The number of anilines is 1. The first-order valence-electron chi connectivity index (χ1n) is 3.29. The minimum Gasteiger partial charge on any atom is -0.479 e. The molecule has 0 aliphatic carbocycles. The highest BCUT2D eigenvalue weighted by Gasteiger charge is 2.14. The van der Waals surface area contributed by atoms with Gasteiger partial charge in [0.05, 0.1) is 7.11 Å². The second kappa shape index (κ2) is 3.26. The van der Waals surface area contributed by atoms with Crippen LogP contribution in [0, 0.1) is 5.82 Å². The number of nitrogens with two attached hydrogens (primary N) is 1. The molecule has 3 N–H and O–H groups in total. The van der Waals surface area contributed by atoms with E-state index in [4.69, 9.17) is 10.8 Å². The van der Waals surface area contributed by atoms with Crippen molar-refractivity contribution in [2.45, 2.75) is 0 Å². The van der Waals surface area contributed by atoms with E-state index < -0.39 is 11.8 Å². The van der Waals surface area contributed by atoms with Gasteiger partial charge in [0.2, 0.25) is 0 Å². The Morgan fingerprint density at radius 1 is 1.77 bits per heavy atom. The van der Waals surface area contributed by atoms with Crippen LogP contribution in [0.2, 0.25) is 0 Å². The van der Waals surface area contributed by atoms with Crippen molar-refractivity contribution in [2.75, 3.05) is 12.8 Å². The lowest BCUT2D eigenvalue weighted by molar-refractivity contribution is 0.0697. The largest absolute Gasteiger partial charge is 0.479 e. The van der Waals surface area contributed by atoms with Crippen molar-refractivity contribution < 1.29 is 19.0 Å². The van der Waals surface area contributed by atoms with Crippen molar-refractivity contribution in [3.8, 4) is 5.88 Å². The van der Waals surface area contributed by atoms with Gasteiger partial charge in [-0.1, -0.05) is 0 Å². The highest BCUT2D eigenvalue weighted by atomic mass is 19.1. The van der Waals surface area contributed by atoms with Crippen LogP contribution in [-0.2, 0) is 0 Å². The number of carboxylic acids is 1. The second-order valence-corrected chi connectivity index (χ2v) is 2.22. The summed E-state index contributed by atoms with van der Waals surface area (Å²) in [5.41, 5.74) is 4.85. The second-order valence-electron chi connectivity index (χ2n) is 2.22. The number of carboxylic acid groups (broad SMARTS) is 1. The van der Waals surface area contributed by atoms with E-state index in [1.54, 1.807) is 0 Å². The van der Waals surface area contributed by atoms with Gasteiger partial charge in [-0.25, -0.2) is 9.18 Å². The van der Waals surface area contributed by atoms with Crippen molar-refractivity contribution in [3.63, 3.8) is 0 Å². The first-order chi connectivity index (χ1) is 6.06. The highest BCUT2D eigenvalue weighted by molar-refractivity contribution is 5.92. The lowest BCUT2D eigenvalue weighted by atomic mass is 10.2. The molecule has 0 spiro atoms. The van der Waals surface area contributed by atoms with Crippen molar-refractivity contribution in [3.05, 3.63) is 17.4 Å². The summed E-state index contributed by atoms with van der Waals surface area (Å²) in [5, 5.41) is 8.53. The highest BCUT2D eigenvalue weighted by Crippen LogP contribution is 2.19. The minimum atomic E-state index is -1.33. The van der Waals surface area contributed by atoms with E-state index in [1.807, 2.05) is 0 Å². The Bertz CT molecular complexity index is 354. The van der Waals surface area contributed by atoms with E-state index in [0.717, 1.165) is 6.07 Å². The predicted molar refractivity (Wildman–Crippen MR) is 42.1 cm³/mol. The van der Waals surface area contributed by atoms with E-state index in [-0.39, 0.29) is 17.3 Å². The number of methoxy groups -OCH3 is 1. The van der Waals surface area contributed by atoms with Gasteiger partial charge in [0.15, 0.2) is 5.82 Å². The van der Waals surface area contributed by atoms with Crippen LogP contribution < -0.4 is 10.5 Å². The smallest absolute Gasteiger partial charge is 0.339 e. The van der Waals surface area contributed by atoms with Crippen LogP contribution in [-0.4, -0.2) is 23.2 Å². The van der Waals surface area contributed by atoms with E-state index in [9.17, 15) is 9.18 Å². The standard InChI is InChI=1S/C7H7FN2O3/c1-13-6-4(8)2-3(7(11)12)5(9)10-6/h2H,1H3,(H2,9,10)(H,11,12). The molecule has 0 aromatic carbocycles. The molecular weight excluding hydrogens is 179 g/mol. The van der Waals surface area contributed by atoms with Crippen LogP contribution in [0.4, 0.5) is 10.2 Å². The van der Waals surface area contributed by atoms with E-state index in [0.29, 0.717) is 0 Å². The van der Waals surface area contributed by atoms with Crippen LogP contribution in [0.3, 0.4) is 0 Å². The van der Waals surface area contributed by atoms with Crippen molar-refractivity contribution in [1.82, 2.24) is 4.98 Å². The van der Waals surface area contributed by atoms with Gasteiger partial charge in [-0.15, -0.1) is 0 Å². The molecule has 0 unspecified atom stereocenters. The van der Waals surface area contributed by atoms with Gasteiger partial charge < -0.3 is 15.6 Å². The summed E-state index contributed by atoms with van der Waals surface area (Å²) in [4.78, 5) is 13.9. The Hall–Kier alpha value is -1.85. The summed E-state index contributed by atoms with van der Waals surface area (Å²) in [6.45, 7) is 0. The summed E-state index contributed by atoms with van der Waals surface area (Å²) < 4.78 is 17.4. The fourth-order valence-corrected chi connectivity index (χ4v) is 0.800. The molecule has 0 saturated carbocycles. The average Bonchev–Trinajstić information content (AvgIpc) is 2.07. The average molecular weight is 186 g/mol. The van der Waals surface area contributed by atoms with Crippen molar-refractivity contribution in [1.29, 1.82) is 0 Å². The number of aromatic carboxylic acids is 1. The summed E-state index contributed by atoms with van der Waals surface area (Å²) in [6, 6.07) is 0.767. The quantitative estimate of drug-likeness (QED) is 0.702. The van der Waals surface area contributed by atoms with Crippen LogP contribution in [0.25, 0.3) is 0 Å². The third kappa shape index (κ3) is 1.66. The molecule has 5 nitrogen and oxygen atoms in total. The maximum atomic E-state index is 12.9. The minimum absolute atomic E-state index is 0.272. The molecule has 0 amide bonds. The van der Waals surface area contributed by atoms with E-state index >= 15 is 0 Å². The lowest BCUT2D eigenvalue weighted by Crippen LogP contribution is -2.07. The first-order valence-corrected chi connectivity index (χ1v) is 3.29. The van der Waals surface area contributed by atoms with Gasteiger partial charge in [-0.2, -0.15) is 4.98 Å². The topological polar surface area (TPSA) is 85.4 Å². The third-order valence-electron chi connectivity index (χ3n) is 1.40. The van der Waals surface area contributed by atoms with Crippen molar-refractivity contribution >= 4 is 11.8 Å². The Morgan fingerprint density at radius 2 is 2.38 bits per heavy atom. The summed E-state index contributed by atoms with van der Waals surface area (Å²) in [6.07, 6.45) is 0. The molecule has 0 radical (unpaired) electrons. The zero-order valence-electron chi connectivity index (χ0n) is 6.74. The monoisotopic (exact) mass is 186 g/mol. The van der Waals surface area contributed by atoms with Gasteiger partial charge in [0.1, 0.15) is 11.4 Å². The van der Waals surface area contributed by atoms with Crippen LogP contribution in [0.5, 0.6) is 5.88 Å². The van der Waals surface area contributed by atoms with E-state index in [1.165, 1.54) is 7.11 Å². The third-order valence-corrected chi connectivity index (χ3v) is 1.40. The van der Waals surface area contributed by atoms with Gasteiger partial charge in [0.25, 0.3) is 5.88 Å². The van der Waals surface area contributed by atoms with Gasteiger partial charge >= 0.3 is 5.97 Å². The number of rotatable bonds is 2. The van der Waals surface area contributed by atoms with Gasteiger partial charge in [-0.05, 0) is 6.07 Å². The first kappa shape index (κ1) is 9.24. The molecule has 1 heterocycles. The fraction of sp³-hybridized carbons (Fsp3) is 0.143. The molecule has 13 heavy (non-hydrogen) atoms. The Balaban J connectivity index is 3.28. The number of halogens is 1. The number of nitrogen functional groups attached to an aromatic ring is 1. The summed E-state index contributed by atoms with van der Waals surface area (Å²) in [5.74, 6) is -2.77. The number of hydrogen-bond acceptors (Lipinski definition) is 4. The maximum Gasteiger partial charge on any atom is 0.339 e. The van der Waals surface area contributed by atoms with Gasteiger partial charge in [-0.3, -0.25) is 0 Å².